The van der Waals surface area contributed by atoms with E-state index in [2.05, 4.69) is 10.0 Å². The summed E-state index contributed by atoms with van der Waals surface area (Å²) in [4.78, 5) is 25.2. The first-order valence-electron chi connectivity index (χ1n) is 5.31. The summed E-state index contributed by atoms with van der Waals surface area (Å²) in [7, 11) is 0. The molecule has 0 fully saturated rings. The van der Waals surface area contributed by atoms with Gasteiger partial charge in [-0.3, -0.25) is 14.5 Å². The van der Waals surface area contributed by atoms with Crippen LogP contribution in [0.4, 0.5) is 5.69 Å². The summed E-state index contributed by atoms with van der Waals surface area (Å²) < 4.78 is 0. The number of carboxylic acid groups (broad SMARTS) is 2. The lowest BCUT2D eigenvalue weighted by atomic mass is 10.2. The Balaban J connectivity index is 2.74. The maximum Gasteiger partial charge on any atom is 0.317 e. The van der Waals surface area contributed by atoms with Gasteiger partial charge in [0, 0.05) is 17.1 Å². The third-order valence-corrected chi connectivity index (χ3v) is 2.22. The SMILES string of the molecule is [N-]=[N+]=Nc1ccc(CN(CC(=O)O)CC(=O)O)cc1. The fourth-order valence-corrected chi connectivity index (χ4v) is 1.53. The molecule has 0 heterocycles. The fraction of sp³-hybridized carbons (Fsp3) is 0.273. The molecule has 0 unspecified atom stereocenters. The van der Waals surface area contributed by atoms with Crippen molar-refractivity contribution in [1.29, 1.82) is 0 Å². The molecule has 19 heavy (non-hydrogen) atoms. The van der Waals surface area contributed by atoms with Crippen molar-refractivity contribution in [2.24, 2.45) is 5.11 Å². The molecule has 0 atom stereocenters. The number of aliphatic carboxylic acids is 2. The summed E-state index contributed by atoms with van der Waals surface area (Å²) in [5, 5.41) is 20.8. The van der Waals surface area contributed by atoms with Gasteiger partial charge in [0.1, 0.15) is 0 Å². The van der Waals surface area contributed by atoms with Crippen LogP contribution in [0, 0.1) is 0 Å². The Kier molecular flexibility index (Phi) is 5.34. The first-order valence-corrected chi connectivity index (χ1v) is 5.31. The molecular formula is C11H12N4O4. The van der Waals surface area contributed by atoms with Crippen molar-refractivity contribution in [2.45, 2.75) is 6.54 Å². The van der Waals surface area contributed by atoms with E-state index >= 15 is 0 Å². The third-order valence-electron chi connectivity index (χ3n) is 2.22. The highest BCUT2D eigenvalue weighted by molar-refractivity contribution is 5.72. The van der Waals surface area contributed by atoms with E-state index < -0.39 is 11.9 Å². The summed E-state index contributed by atoms with van der Waals surface area (Å²) in [6.07, 6.45) is 0. The average Bonchev–Trinajstić information content (AvgIpc) is 2.30. The quantitative estimate of drug-likeness (QED) is 0.439. The second kappa shape index (κ2) is 7.00. The molecule has 0 aromatic heterocycles. The van der Waals surface area contributed by atoms with Crippen LogP contribution in [0.15, 0.2) is 29.4 Å². The number of nitrogens with zero attached hydrogens (tertiary/aromatic N) is 4. The smallest absolute Gasteiger partial charge is 0.317 e. The molecular weight excluding hydrogens is 252 g/mol. The second-order valence-electron chi connectivity index (χ2n) is 3.79. The monoisotopic (exact) mass is 264 g/mol. The lowest BCUT2D eigenvalue weighted by Crippen LogP contribution is -2.33. The molecule has 1 aromatic carbocycles. The zero-order chi connectivity index (χ0) is 14.3. The average molecular weight is 264 g/mol. The van der Waals surface area contributed by atoms with Crippen molar-refractivity contribution in [1.82, 2.24) is 4.90 Å². The van der Waals surface area contributed by atoms with Gasteiger partial charge in [-0.1, -0.05) is 29.4 Å². The van der Waals surface area contributed by atoms with Gasteiger partial charge in [0.05, 0.1) is 13.1 Å². The van der Waals surface area contributed by atoms with E-state index in [0.717, 1.165) is 5.56 Å². The molecule has 0 saturated carbocycles. The molecule has 2 N–H and O–H groups in total. The first-order chi connectivity index (χ1) is 9.01. The fourth-order valence-electron chi connectivity index (χ4n) is 1.53. The number of carboxylic acids is 2. The predicted octanol–water partition coefficient (Wildman–Crippen LogP) is 1.60. The topological polar surface area (TPSA) is 127 Å². The number of hydrogen-bond donors (Lipinski definition) is 2. The molecule has 0 amide bonds. The van der Waals surface area contributed by atoms with Crippen molar-refractivity contribution < 1.29 is 19.8 Å². The molecule has 8 heteroatoms. The molecule has 1 aromatic rings. The maximum atomic E-state index is 10.6. The van der Waals surface area contributed by atoms with Crippen molar-refractivity contribution in [3.05, 3.63) is 40.3 Å². The van der Waals surface area contributed by atoms with E-state index in [0.29, 0.717) is 5.69 Å². The zero-order valence-electron chi connectivity index (χ0n) is 9.93. The normalized spacial score (nSPS) is 9.95. The summed E-state index contributed by atoms with van der Waals surface area (Å²) in [5.74, 6) is -2.18. The highest BCUT2D eigenvalue weighted by Gasteiger charge is 2.13. The molecule has 100 valence electrons. The van der Waals surface area contributed by atoms with Gasteiger partial charge in [0.25, 0.3) is 0 Å². The minimum Gasteiger partial charge on any atom is -0.480 e. The van der Waals surface area contributed by atoms with Gasteiger partial charge in [0.15, 0.2) is 0 Å². The summed E-state index contributed by atoms with van der Waals surface area (Å²) in [6, 6.07) is 6.46. The van der Waals surface area contributed by atoms with E-state index in [1.54, 1.807) is 24.3 Å². The highest BCUT2D eigenvalue weighted by atomic mass is 16.4. The third kappa shape index (κ3) is 5.53. The van der Waals surface area contributed by atoms with Crippen LogP contribution in [-0.2, 0) is 16.1 Å². The van der Waals surface area contributed by atoms with Crippen LogP contribution < -0.4 is 0 Å². The van der Waals surface area contributed by atoms with Crippen LogP contribution in [-0.4, -0.2) is 40.1 Å². The van der Waals surface area contributed by atoms with E-state index in [4.69, 9.17) is 15.7 Å². The van der Waals surface area contributed by atoms with E-state index in [9.17, 15) is 9.59 Å². The molecule has 0 spiro atoms. The van der Waals surface area contributed by atoms with Crippen LogP contribution in [0.3, 0.4) is 0 Å². The molecule has 0 aliphatic carbocycles. The lowest BCUT2D eigenvalue weighted by molar-refractivity contribution is -0.142. The van der Waals surface area contributed by atoms with Crippen LogP contribution in [0.1, 0.15) is 5.56 Å². The van der Waals surface area contributed by atoms with Crippen molar-refractivity contribution in [3.63, 3.8) is 0 Å². The number of carbonyl (C=O) groups is 2. The molecule has 1 rings (SSSR count). The van der Waals surface area contributed by atoms with Crippen LogP contribution in [0.5, 0.6) is 0 Å². The molecule has 0 radical (unpaired) electrons. The number of azide groups is 1. The standard InChI is InChI=1S/C11H12N4O4/c12-14-13-9-3-1-8(2-4-9)5-15(6-10(16)17)7-11(18)19/h1-4H,5-7H2,(H,16,17)(H,18,19). The van der Waals surface area contributed by atoms with Crippen molar-refractivity contribution >= 4 is 17.6 Å². The highest BCUT2D eigenvalue weighted by Crippen LogP contribution is 2.14. The largest absolute Gasteiger partial charge is 0.480 e. The Morgan fingerprint density at radius 1 is 1.16 bits per heavy atom. The van der Waals surface area contributed by atoms with Crippen LogP contribution in [0.2, 0.25) is 0 Å². The Bertz CT molecular complexity index is 492. The van der Waals surface area contributed by atoms with Gasteiger partial charge in [0.2, 0.25) is 0 Å². The van der Waals surface area contributed by atoms with Gasteiger partial charge < -0.3 is 10.2 Å². The second-order valence-corrected chi connectivity index (χ2v) is 3.79. The van der Waals surface area contributed by atoms with E-state index in [-0.39, 0.29) is 19.6 Å². The Morgan fingerprint density at radius 2 is 1.68 bits per heavy atom. The molecule has 0 bridgehead atoms. The van der Waals surface area contributed by atoms with Gasteiger partial charge >= 0.3 is 11.9 Å². The molecule has 0 aliphatic heterocycles. The van der Waals surface area contributed by atoms with E-state index in [1.807, 2.05) is 0 Å². The maximum absolute atomic E-state index is 10.6. The summed E-state index contributed by atoms with van der Waals surface area (Å²) in [5.41, 5.74) is 9.43. The Labute approximate surface area is 108 Å². The Morgan fingerprint density at radius 3 is 2.11 bits per heavy atom. The minimum absolute atomic E-state index is 0.190. The molecule has 0 aliphatic rings. The lowest BCUT2D eigenvalue weighted by Gasteiger charge is -2.17. The van der Waals surface area contributed by atoms with Crippen LogP contribution in [0.25, 0.3) is 10.4 Å². The van der Waals surface area contributed by atoms with Gasteiger partial charge in [-0.2, -0.15) is 0 Å². The zero-order valence-corrected chi connectivity index (χ0v) is 9.93. The first kappa shape index (κ1) is 14.5. The van der Waals surface area contributed by atoms with Gasteiger partial charge in [-0.05, 0) is 11.1 Å². The van der Waals surface area contributed by atoms with Crippen molar-refractivity contribution in [3.8, 4) is 0 Å². The summed E-state index contributed by atoms with van der Waals surface area (Å²) in [6.45, 7) is -0.524. The van der Waals surface area contributed by atoms with Crippen LogP contribution >= 0.6 is 0 Å². The predicted molar refractivity (Wildman–Crippen MR) is 65.8 cm³/mol. The Hall–Kier alpha value is -2.57. The number of benzene rings is 1. The molecule has 0 saturated heterocycles. The summed E-state index contributed by atoms with van der Waals surface area (Å²) >= 11 is 0. The number of hydrogen-bond acceptors (Lipinski definition) is 4. The molecule has 8 nitrogen and oxygen atoms in total. The number of rotatable bonds is 7. The minimum atomic E-state index is -1.09. The van der Waals surface area contributed by atoms with E-state index in [1.165, 1.54) is 4.90 Å². The van der Waals surface area contributed by atoms with Crippen molar-refractivity contribution in [2.75, 3.05) is 13.1 Å². The van der Waals surface area contributed by atoms with Gasteiger partial charge in [-0.25, -0.2) is 0 Å². The van der Waals surface area contributed by atoms with Gasteiger partial charge in [-0.15, -0.1) is 0 Å².